The third kappa shape index (κ3) is 5.41. The zero-order valence-electron chi connectivity index (χ0n) is 16.6. The molecule has 0 N–H and O–H groups in total. The maximum absolute atomic E-state index is 12.6. The molecule has 3 rings (SSSR count). The van der Waals surface area contributed by atoms with Crippen molar-refractivity contribution in [2.45, 2.75) is 58.5 Å². The number of carbonyl (C=O) groups is 2. The van der Waals surface area contributed by atoms with Gasteiger partial charge in [0.2, 0.25) is 11.8 Å². The quantitative estimate of drug-likeness (QED) is 0.765. The Kier molecular flexibility index (Phi) is 6.79. The lowest BCUT2D eigenvalue weighted by molar-refractivity contribution is -0.132. The molecule has 2 aromatic rings. The summed E-state index contributed by atoms with van der Waals surface area (Å²) >= 11 is 0. The Hall–Kier alpha value is -2.70. The number of carbonyl (C=O) groups excluding carboxylic acids is 2. The molecular formula is C21H28N4O3. The molecule has 1 aliphatic rings. The third-order valence-electron chi connectivity index (χ3n) is 5.24. The van der Waals surface area contributed by atoms with E-state index in [1.165, 1.54) is 6.33 Å². The average molecular weight is 384 g/mol. The first-order valence-electron chi connectivity index (χ1n) is 9.87. The van der Waals surface area contributed by atoms with E-state index in [0.29, 0.717) is 25.9 Å². The molecule has 7 heteroatoms. The van der Waals surface area contributed by atoms with Crippen LogP contribution in [-0.4, -0.2) is 50.7 Å². The largest absolute Gasteiger partial charge is 0.466 e. The summed E-state index contributed by atoms with van der Waals surface area (Å²) in [6.45, 7) is 5.43. The van der Waals surface area contributed by atoms with Gasteiger partial charge in [0.25, 0.3) is 0 Å². The monoisotopic (exact) mass is 384 g/mol. The standard InChI is InChI=1S/C21H28N4O3/c1-16-5-6-20(28-16)7-8-21(27)24-10-3-4-19(9-11-24)25(17(2)26)14-18-12-22-15-23-13-18/h5-6,12-13,15,19H,3-4,7-11,14H2,1-2H3/t19-/m0/s1. The van der Waals surface area contributed by atoms with Crippen molar-refractivity contribution < 1.29 is 14.0 Å². The summed E-state index contributed by atoms with van der Waals surface area (Å²) in [5.41, 5.74) is 0.920. The van der Waals surface area contributed by atoms with Crippen LogP contribution in [0.4, 0.5) is 0 Å². The molecule has 0 aliphatic carbocycles. The highest BCUT2D eigenvalue weighted by Gasteiger charge is 2.26. The number of aryl methyl sites for hydroxylation is 2. The van der Waals surface area contributed by atoms with Crippen LogP contribution in [0.2, 0.25) is 0 Å². The van der Waals surface area contributed by atoms with Crippen molar-refractivity contribution in [1.29, 1.82) is 0 Å². The summed E-state index contributed by atoms with van der Waals surface area (Å²) in [6.07, 6.45) is 8.63. The lowest BCUT2D eigenvalue weighted by Crippen LogP contribution is -2.39. The van der Waals surface area contributed by atoms with Gasteiger partial charge in [-0.15, -0.1) is 0 Å². The number of rotatable bonds is 6. The molecule has 1 fully saturated rings. The first kappa shape index (κ1) is 20.0. The van der Waals surface area contributed by atoms with E-state index in [9.17, 15) is 9.59 Å². The third-order valence-corrected chi connectivity index (χ3v) is 5.24. The van der Waals surface area contributed by atoms with Crippen LogP contribution in [0.25, 0.3) is 0 Å². The summed E-state index contributed by atoms with van der Waals surface area (Å²) in [4.78, 5) is 36.7. The molecule has 2 aromatic heterocycles. The Morgan fingerprint density at radius 2 is 2.00 bits per heavy atom. The van der Waals surface area contributed by atoms with E-state index >= 15 is 0 Å². The highest BCUT2D eigenvalue weighted by molar-refractivity contribution is 5.76. The number of hydrogen-bond acceptors (Lipinski definition) is 5. The van der Waals surface area contributed by atoms with Crippen LogP contribution in [-0.2, 0) is 22.6 Å². The number of aromatic nitrogens is 2. The Labute approximate surface area is 165 Å². The van der Waals surface area contributed by atoms with Gasteiger partial charge in [-0.3, -0.25) is 9.59 Å². The van der Waals surface area contributed by atoms with Crippen molar-refractivity contribution in [2.24, 2.45) is 0 Å². The van der Waals surface area contributed by atoms with Gasteiger partial charge in [-0.2, -0.15) is 0 Å². The molecule has 0 radical (unpaired) electrons. The van der Waals surface area contributed by atoms with Gasteiger partial charge in [0.1, 0.15) is 17.8 Å². The first-order chi connectivity index (χ1) is 13.5. The summed E-state index contributed by atoms with van der Waals surface area (Å²) in [5.74, 6) is 1.92. The van der Waals surface area contributed by atoms with Gasteiger partial charge in [-0.25, -0.2) is 9.97 Å². The van der Waals surface area contributed by atoms with Gasteiger partial charge in [0.05, 0.1) is 0 Å². The van der Waals surface area contributed by atoms with E-state index in [4.69, 9.17) is 4.42 Å². The molecule has 1 aliphatic heterocycles. The molecule has 0 spiro atoms. The molecule has 28 heavy (non-hydrogen) atoms. The second-order valence-electron chi connectivity index (χ2n) is 7.37. The summed E-state index contributed by atoms with van der Waals surface area (Å²) in [7, 11) is 0. The Balaban J connectivity index is 1.55. The Bertz CT molecular complexity index is 790. The van der Waals surface area contributed by atoms with E-state index in [-0.39, 0.29) is 17.9 Å². The smallest absolute Gasteiger partial charge is 0.223 e. The Morgan fingerprint density at radius 1 is 1.21 bits per heavy atom. The molecule has 150 valence electrons. The molecule has 7 nitrogen and oxygen atoms in total. The highest BCUT2D eigenvalue weighted by Crippen LogP contribution is 2.20. The molecular weight excluding hydrogens is 356 g/mol. The van der Waals surface area contributed by atoms with E-state index < -0.39 is 0 Å². The van der Waals surface area contributed by atoms with Crippen LogP contribution >= 0.6 is 0 Å². The van der Waals surface area contributed by atoms with Gasteiger partial charge >= 0.3 is 0 Å². The minimum Gasteiger partial charge on any atom is -0.466 e. The molecule has 0 unspecified atom stereocenters. The van der Waals surface area contributed by atoms with Crippen molar-refractivity contribution in [3.05, 3.63) is 47.9 Å². The fraction of sp³-hybridized carbons (Fsp3) is 0.524. The van der Waals surface area contributed by atoms with E-state index in [1.807, 2.05) is 28.9 Å². The molecule has 0 saturated carbocycles. The van der Waals surface area contributed by atoms with Crippen molar-refractivity contribution in [2.75, 3.05) is 13.1 Å². The minimum atomic E-state index is 0.0434. The van der Waals surface area contributed by atoms with Crippen molar-refractivity contribution in [3.63, 3.8) is 0 Å². The number of furan rings is 1. The molecule has 3 heterocycles. The normalized spacial score (nSPS) is 17.2. The second-order valence-corrected chi connectivity index (χ2v) is 7.37. The Morgan fingerprint density at radius 3 is 2.68 bits per heavy atom. The zero-order valence-corrected chi connectivity index (χ0v) is 16.6. The van der Waals surface area contributed by atoms with Crippen LogP contribution < -0.4 is 0 Å². The maximum Gasteiger partial charge on any atom is 0.223 e. The second kappa shape index (κ2) is 9.48. The highest BCUT2D eigenvalue weighted by atomic mass is 16.3. The van der Waals surface area contributed by atoms with Gasteiger partial charge in [0.15, 0.2) is 0 Å². The van der Waals surface area contributed by atoms with Gasteiger partial charge < -0.3 is 14.2 Å². The SMILES string of the molecule is CC(=O)N(Cc1cncnc1)[C@H]1CCCN(C(=O)CCc2ccc(C)o2)CC1. The van der Waals surface area contributed by atoms with E-state index in [2.05, 4.69) is 9.97 Å². The van der Waals surface area contributed by atoms with Crippen LogP contribution in [0.1, 0.15) is 49.7 Å². The lowest BCUT2D eigenvalue weighted by Gasteiger charge is -2.30. The summed E-state index contributed by atoms with van der Waals surface area (Å²) < 4.78 is 5.55. The lowest BCUT2D eigenvalue weighted by atomic mass is 10.1. The number of hydrogen-bond donors (Lipinski definition) is 0. The molecule has 0 bridgehead atoms. The van der Waals surface area contributed by atoms with E-state index in [0.717, 1.165) is 42.9 Å². The number of nitrogens with zero attached hydrogens (tertiary/aromatic N) is 4. The maximum atomic E-state index is 12.6. The molecule has 1 saturated heterocycles. The average Bonchev–Trinajstić information content (AvgIpc) is 2.96. The van der Waals surface area contributed by atoms with Crippen LogP contribution in [0.3, 0.4) is 0 Å². The van der Waals surface area contributed by atoms with Crippen molar-refractivity contribution in [1.82, 2.24) is 19.8 Å². The summed E-state index contributed by atoms with van der Waals surface area (Å²) in [6, 6.07) is 3.98. The molecule has 1 atom stereocenters. The molecule has 2 amide bonds. The van der Waals surface area contributed by atoms with Crippen molar-refractivity contribution in [3.8, 4) is 0 Å². The minimum absolute atomic E-state index is 0.0434. The van der Waals surface area contributed by atoms with Gasteiger partial charge in [0, 0.05) is 63.4 Å². The first-order valence-corrected chi connectivity index (χ1v) is 9.87. The predicted molar refractivity (Wildman–Crippen MR) is 104 cm³/mol. The van der Waals surface area contributed by atoms with Crippen molar-refractivity contribution >= 4 is 11.8 Å². The van der Waals surface area contributed by atoms with E-state index in [1.54, 1.807) is 19.3 Å². The fourth-order valence-electron chi connectivity index (χ4n) is 3.75. The fourth-order valence-corrected chi connectivity index (χ4v) is 3.75. The molecule has 0 aromatic carbocycles. The van der Waals surface area contributed by atoms with Crippen LogP contribution in [0, 0.1) is 6.92 Å². The van der Waals surface area contributed by atoms with Gasteiger partial charge in [-0.1, -0.05) is 0 Å². The topological polar surface area (TPSA) is 79.5 Å². The summed E-state index contributed by atoms with van der Waals surface area (Å²) in [5, 5.41) is 0. The number of amides is 2. The van der Waals surface area contributed by atoms with Gasteiger partial charge in [-0.05, 0) is 38.3 Å². The predicted octanol–water partition coefficient (Wildman–Crippen LogP) is 2.74. The zero-order chi connectivity index (χ0) is 19.9. The number of likely N-dealkylation sites (tertiary alicyclic amines) is 1. The van der Waals surface area contributed by atoms with Crippen LogP contribution in [0.5, 0.6) is 0 Å². The van der Waals surface area contributed by atoms with Crippen LogP contribution in [0.15, 0.2) is 35.3 Å².